The molecular formula is C11H12ClF2N. The maximum absolute atomic E-state index is 13.3. The molecule has 0 spiro atoms. The molecule has 0 N–H and O–H groups in total. The van der Waals surface area contributed by atoms with Crippen LogP contribution in [0.2, 0.25) is 0 Å². The quantitative estimate of drug-likeness (QED) is 0.708. The van der Waals surface area contributed by atoms with Crippen LogP contribution in [-0.4, -0.2) is 23.4 Å². The number of nitrogens with zero attached hydrogens (tertiary/aromatic N) is 1. The van der Waals surface area contributed by atoms with E-state index in [1.165, 1.54) is 12.1 Å². The van der Waals surface area contributed by atoms with Crippen LogP contribution >= 0.6 is 11.6 Å². The predicted molar refractivity (Wildman–Crippen MR) is 55.9 cm³/mol. The minimum Gasteiger partial charge on any atom is -0.297 e. The lowest BCUT2D eigenvalue weighted by Crippen LogP contribution is -2.20. The molecule has 0 radical (unpaired) electrons. The van der Waals surface area contributed by atoms with E-state index in [9.17, 15) is 8.78 Å². The largest absolute Gasteiger partial charge is 0.297 e. The van der Waals surface area contributed by atoms with Gasteiger partial charge >= 0.3 is 0 Å². The zero-order chi connectivity index (χ0) is 10.8. The number of alkyl halides is 1. The lowest BCUT2D eigenvalue weighted by molar-refractivity contribution is 0.325. The first-order valence-corrected chi connectivity index (χ1v) is 5.39. The smallest absolute Gasteiger partial charge is 0.127 e. The van der Waals surface area contributed by atoms with Crippen LogP contribution in [0.1, 0.15) is 12.0 Å². The second kappa shape index (κ2) is 4.45. The van der Waals surface area contributed by atoms with Gasteiger partial charge < -0.3 is 0 Å². The Kier molecular flexibility index (Phi) is 3.22. The summed E-state index contributed by atoms with van der Waals surface area (Å²) >= 11 is 5.93. The van der Waals surface area contributed by atoms with Gasteiger partial charge in [0.2, 0.25) is 0 Å². The Balaban J connectivity index is 2.07. The van der Waals surface area contributed by atoms with E-state index in [4.69, 9.17) is 11.6 Å². The highest BCUT2D eigenvalue weighted by atomic mass is 35.5. The third-order valence-corrected chi connectivity index (χ3v) is 2.97. The second-order valence-electron chi connectivity index (χ2n) is 3.86. The van der Waals surface area contributed by atoms with Crippen LogP contribution in [0.25, 0.3) is 0 Å². The van der Waals surface area contributed by atoms with Crippen LogP contribution in [0.5, 0.6) is 0 Å². The van der Waals surface area contributed by atoms with Gasteiger partial charge in [-0.2, -0.15) is 0 Å². The Labute approximate surface area is 92.6 Å². The number of hydrogen-bond acceptors (Lipinski definition) is 1. The van der Waals surface area contributed by atoms with E-state index >= 15 is 0 Å². The molecule has 0 saturated carbocycles. The molecule has 0 amide bonds. The fraction of sp³-hybridized carbons (Fsp3) is 0.455. The van der Waals surface area contributed by atoms with Crippen molar-refractivity contribution in [1.82, 2.24) is 4.90 Å². The van der Waals surface area contributed by atoms with Crippen molar-refractivity contribution in [2.75, 3.05) is 13.1 Å². The van der Waals surface area contributed by atoms with Crippen molar-refractivity contribution >= 4 is 11.6 Å². The van der Waals surface area contributed by atoms with Crippen molar-refractivity contribution < 1.29 is 8.78 Å². The Bertz CT molecular complexity index is 356. The molecule has 1 aliphatic rings. The molecule has 0 bridgehead atoms. The second-order valence-corrected chi connectivity index (χ2v) is 4.47. The molecule has 1 unspecified atom stereocenters. The van der Waals surface area contributed by atoms with Crippen LogP contribution in [0, 0.1) is 11.6 Å². The monoisotopic (exact) mass is 231 g/mol. The summed E-state index contributed by atoms with van der Waals surface area (Å²) in [6.07, 6.45) is 0.915. The summed E-state index contributed by atoms with van der Waals surface area (Å²) in [4.78, 5) is 2.04. The van der Waals surface area contributed by atoms with E-state index in [0.29, 0.717) is 12.1 Å². The Hall–Kier alpha value is -0.670. The molecule has 0 aliphatic carbocycles. The summed E-state index contributed by atoms with van der Waals surface area (Å²) in [5.74, 6) is -0.748. The molecule has 1 saturated heterocycles. The van der Waals surface area contributed by atoms with Crippen LogP contribution < -0.4 is 0 Å². The fourth-order valence-corrected chi connectivity index (χ4v) is 2.13. The molecular weight excluding hydrogens is 220 g/mol. The van der Waals surface area contributed by atoms with Gasteiger partial charge in [-0.05, 0) is 31.2 Å². The summed E-state index contributed by atoms with van der Waals surface area (Å²) in [5, 5.41) is 0.140. The van der Waals surface area contributed by atoms with Gasteiger partial charge in [0.1, 0.15) is 11.6 Å². The molecule has 1 aromatic rings. The minimum atomic E-state index is -0.395. The van der Waals surface area contributed by atoms with E-state index in [1.54, 1.807) is 0 Å². The molecule has 1 heterocycles. The van der Waals surface area contributed by atoms with Crippen molar-refractivity contribution in [2.45, 2.75) is 18.3 Å². The molecule has 1 nitrogen and oxygen atoms in total. The summed E-state index contributed by atoms with van der Waals surface area (Å²) in [6.45, 7) is 2.04. The van der Waals surface area contributed by atoms with Gasteiger partial charge in [-0.15, -0.1) is 11.6 Å². The average Bonchev–Trinajstić information content (AvgIpc) is 2.58. The highest BCUT2D eigenvalue weighted by Gasteiger charge is 2.21. The Morgan fingerprint density at radius 2 is 2.20 bits per heavy atom. The molecule has 0 aromatic heterocycles. The number of benzene rings is 1. The summed E-state index contributed by atoms with van der Waals surface area (Å²) < 4.78 is 26.2. The van der Waals surface area contributed by atoms with Crippen molar-refractivity contribution in [1.29, 1.82) is 0 Å². The first kappa shape index (κ1) is 10.8. The van der Waals surface area contributed by atoms with E-state index < -0.39 is 5.82 Å². The van der Waals surface area contributed by atoms with Crippen molar-refractivity contribution in [3.8, 4) is 0 Å². The van der Waals surface area contributed by atoms with E-state index in [0.717, 1.165) is 25.6 Å². The summed E-state index contributed by atoms with van der Waals surface area (Å²) in [7, 11) is 0. The van der Waals surface area contributed by atoms with Gasteiger partial charge in [0.05, 0.1) is 0 Å². The standard InChI is InChI=1S/C11H12ClF2N/c12-9-3-4-15(7-9)6-8-5-10(13)1-2-11(8)14/h1-2,5,9H,3-4,6-7H2. The normalized spacial score (nSPS) is 22.2. The topological polar surface area (TPSA) is 3.24 Å². The zero-order valence-corrected chi connectivity index (χ0v) is 8.97. The van der Waals surface area contributed by atoms with Gasteiger partial charge in [-0.25, -0.2) is 8.78 Å². The number of hydrogen-bond donors (Lipinski definition) is 0. The van der Waals surface area contributed by atoms with Gasteiger partial charge in [0.15, 0.2) is 0 Å². The number of halogens is 3. The molecule has 1 atom stereocenters. The Morgan fingerprint density at radius 1 is 1.40 bits per heavy atom. The number of likely N-dealkylation sites (tertiary alicyclic amines) is 1. The molecule has 15 heavy (non-hydrogen) atoms. The summed E-state index contributed by atoms with van der Waals surface area (Å²) in [5.41, 5.74) is 0.403. The maximum atomic E-state index is 13.3. The van der Waals surface area contributed by atoms with Gasteiger partial charge in [0.25, 0.3) is 0 Å². The van der Waals surface area contributed by atoms with Crippen molar-refractivity contribution in [3.63, 3.8) is 0 Å². The lowest BCUT2D eigenvalue weighted by Gasteiger charge is -2.15. The van der Waals surface area contributed by atoms with Crippen molar-refractivity contribution in [3.05, 3.63) is 35.4 Å². The third-order valence-electron chi connectivity index (χ3n) is 2.62. The van der Waals surface area contributed by atoms with Crippen LogP contribution in [0.3, 0.4) is 0 Å². The SMILES string of the molecule is Fc1ccc(F)c(CN2CCC(Cl)C2)c1. The fourth-order valence-electron chi connectivity index (χ4n) is 1.83. The van der Waals surface area contributed by atoms with E-state index in [1.807, 2.05) is 4.90 Å². The van der Waals surface area contributed by atoms with E-state index in [2.05, 4.69) is 0 Å². The molecule has 1 aliphatic heterocycles. The first-order valence-electron chi connectivity index (χ1n) is 4.95. The highest BCUT2D eigenvalue weighted by Crippen LogP contribution is 2.19. The zero-order valence-electron chi connectivity index (χ0n) is 8.22. The average molecular weight is 232 g/mol. The number of rotatable bonds is 2. The summed E-state index contributed by atoms with van der Waals surface area (Å²) in [6, 6.07) is 3.54. The van der Waals surface area contributed by atoms with Crippen LogP contribution in [-0.2, 0) is 6.54 Å². The lowest BCUT2D eigenvalue weighted by atomic mass is 10.2. The molecule has 82 valence electrons. The van der Waals surface area contributed by atoms with Gasteiger partial charge in [-0.3, -0.25) is 4.90 Å². The maximum Gasteiger partial charge on any atom is 0.127 e. The van der Waals surface area contributed by atoms with Crippen LogP contribution in [0.15, 0.2) is 18.2 Å². The molecule has 1 fully saturated rings. The van der Waals surface area contributed by atoms with Gasteiger partial charge in [0, 0.05) is 24.0 Å². The molecule has 1 aromatic carbocycles. The van der Waals surface area contributed by atoms with Crippen LogP contribution in [0.4, 0.5) is 8.78 Å². The Morgan fingerprint density at radius 3 is 2.87 bits per heavy atom. The first-order chi connectivity index (χ1) is 7.15. The van der Waals surface area contributed by atoms with E-state index in [-0.39, 0.29) is 11.2 Å². The molecule has 2 rings (SSSR count). The third kappa shape index (κ3) is 2.67. The van der Waals surface area contributed by atoms with Crippen molar-refractivity contribution in [2.24, 2.45) is 0 Å². The highest BCUT2D eigenvalue weighted by molar-refractivity contribution is 6.20. The molecule has 4 heteroatoms. The minimum absolute atomic E-state index is 0.140. The predicted octanol–water partition coefficient (Wildman–Crippen LogP) is 2.78. The van der Waals surface area contributed by atoms with Gasteiger partial charge in [-0.1, -0.05) is 0 Å².